The molecule has 122 valence electrons. The maximum absolute atomic E-state index is 12.4. The molecule has 2 heterocycles. The van der Waals surface area contributed by atoms with Crippen LogP contribution in [0.5, 0.6) is 5.75 Å². The Kier molecular flexibility index (Phi) is 4.02. The zero-order valence-electron chi connectivity index (χ0n) is 13.2. The zero-order valence-corrected chi connectivity index (χ0v) is 14.0. The van der Waals surface area contributed by atoms with Gasteiger partial charge in [-0.15, -0.1) is 11.8 Å². The standard InChI is InChI=1S/C19H17NO3S/c21-18-14-7-1-2-8-15(14)19(22)20(18)10-4-6-13-5-3-9-16-17(13)24-12-11-23-16/h1-3,5,7-9H,4,6,10-12H2. The summed E-state index contributed by atoms with van der Waals surface area (Å²) < 4.78 is 5.68. The van der Waals surface area contributed by atoms with Crippen LogP contribution in [0.15, 0.2) is 47.4 Å². The zero-order chi connectivity index (χ0) is 16.5. The lowest BCUT2D eigenvalue weighted by Gasteiger charge is -2.20. The topological polar surface area (TPSA) is 46.6 Å². The number of thioether (sulfide) groups is 1. The van der Waals surface area contributed by atoms with Crippen LogP contribution in [0.4, 0.5) is 0 Å². The second kappa shape index (κ2) is 6.32. The van der Waals surface area contributed by atoms with Crippen molar-refractivity contribution in [3.05, 3.63) is 59.2 Å². The summed E-state index contributed by atoms with van der Waals surface area (Å²) in [7, 11) is 0. The predicted octanol–water partition coefficient (Wildman–Crippen LogP) is 3.40. The summed E-state index contributed by atoms with van der Waals surface area (Å²) in [6.07, 6.45) is 1.58. The first-order chi connectivity index (χ1) is 11.8. The number of carbonyl (C=O) groups is 2. The Morgan fingerprint density at radius 3 is 2.50 bits per heavy atom. The first-order valence-corrected chi connectivity index (χ1v) is 9.07. The number of nitrogens with zero attached hydrogens (tertiary/aromatic N) is 1. The lowest BCUT2D eigenvalue weighted by Crippen LogP contribution is -2.31. The molecule has 0 saturated heterocycles. The second-order valence-corrected chi connectivity index (χ2v) is 6.96. The monoisotopic (exact) mass is 339 g/mol. The molecule has 0 radical (unpaired) electrons. The van der Waals surface area contributed by atoms with E-state index >= 15 is 0 Å². The summed E-state index contributed by atoms with van der Waals surface area (Å²) in [5, 5.41) is 0. The molecular weight excluding hydrogens is 322 g/mol. The van der Waals surface area contributed by atoms with Crippen LogP contribution in [-0.4, -0.2) is 35.6 Å². The summed E-state index contributed by atoms with van der Waals surface area (Å²) in [6, 6.07) is 13.1. The first kappa shape index (κ1) is 15.3. The first-order valence-electron chi connectivity index (χ1n) is 8.08. The number of carbonyl (C=O) groups excluding carboxylic acids is 2. The Morgan fingerprint density at radius 2 is 1.75 bits per heavy atom. The minimum atomic E-state index is -0.177. The summed E-state index contributed by atoms with van der Waals surface area (Å²) >= 11 is 1.82. The van der Waals surface area contributed by atoms with Gasteiger partial charge in [0, 0.05) is 12.3 Å². The van der Waals surface area contributed by atoms with Crippen LogP contribution in [0.2, 0.25) is 0 Å². The quantitative estimate of drug-likeness (QED) is 0.801. The van der Waals surface area contributed by atoms with Gasteiger partial charge in [0.25, 0.3) is 11.8 Å². The molecule has 0 aliphatic carbocycles. The minimum Gasteiger partial charge on any atom is -0.492 e. The average molecular weight is 339 g/mol. The van der Waals surface area contributed by atoms with Gasteiger partial charge in [-0.2, -0.15) is 0 Å². The van der Waals surface area contributed by atoms with E-state index in [-0.39, 0.29) is 11.8 Å². The van der Waals surface area contributed by atoms with Crippen LogP contribution in [0.3, 0.4) is 0 Å². The molecule has 0 spiro atoms. The molecule has 2 amide bonds. The molecule has 4 nitrogen and oxygen atoms in total. The molecule has 0 fully saturated rings. The van der Waals surface area contributed by atoms with E-state index in [0.717, 1.165) is 31.0 Å². The van der Waals surface area contributed by atoms with Crippen LogP contribution in [0.1, 0.15) is 32.7 Å². The molecule has 0 bridgehead atoms. The van der Waals surface area contributed by atoms with Gasteiger partial charge in [0.1, 0.15) is 5.75 Å². The molecule has 24 heavy (non-hydrogen) atoms. The molecule has 2 aromatic rings. The summed E-state index contributed by atoms with van der Waals surface area (Å²) in [6.45, 7) is 1.19. The highest BCUT2D eigenvalue weighted by Gasteiger charge is 2.34. The van der Waals surface area contributed by atoms with Gasteiger partial charge in [-0.3, -0.25) is 14.5 Å². The number of fused-ring (bicyclic) bond motifs is 2. The lowest BCUT2D eigenvalue weighted by molar-refractivity contribution is 0.0652. The summed E-state index contributed by atoms with van der Waals surface area (Å²) in [5.41, 5.74) is 2.26. The third-order valence-electron chi connectivity index (χ3n) is 4.35. The molecule has 0 aromatic heterocycles. The normalized spacial score (nSPS) is 15.9. The van der Waals surface area contributed by atoms with Crippen LogP contribution in [0, 0.1) is 0 Å². The van der Waals surface area contributed by atoms with Crippen LogP contribution in [-0.2, 0) is 6.42 Å². The van der Waals surface area contributed by atoms with E-state index in [1.165, 1.54) is 15.4 Å². The highest BCUT2D eigenvalue weighted by Crippen LogP contribution is 2.36. The van der Waals surface area contributed by atoms with Gasteiger partial charge < -0.3 is 4.74 Å². The van der Waals surface area contributed by atoms with E-state index in [4.69, 9.17) is 4.74 Å². The Balaban J connectivity index is 1.44. The van der Waals surface area contributed by atoms with E-state index in [1.807, 2.05) is 23.9 Å². The average Bonchev–Trinajstić information content (AvgIpc) is 2.87. The van der Waals surface area contributed by atoms with Crippen molar-refractivity contribution >= 4 is 23.6 Å². The van der Waals surface area contributed by atoms with Gasteiger partial charge in [-0.25, -0.2) is 0 Å². The van der Waals surface area contributed by atoms with Gasteiger partial charge in [-0.05, 0) is 36.6 Å². The van der Waals surface area contributed by atoms with Crippen LogP contribution >= 0.6 is 11.8 Å². The number of hydrogen-bond donors (Lipinski definition) is 0. The highest BCUT2D eigenvalue weighted by atomic mass is 32.2. The second-order valence-electron chi connectivity index (χ2n) is 5.85. The van der Waals surface area contributed by atoms with Crippen molar-refractivity contribution in [3.8, 4) is 5.75 Å². The fourth-order valence-electron chi connectivity index (χ4n) is 3.20. The van der Waals surface area contributed by atoms with Gasteiger partial charge in [-0.1, -0.05) is 24.3 Å². The molecule has 0 N–H and O–H groups in total. The highest BCUT2D eigenvalue weighted by molar-refractivity contribution is 7.99. The fourth-order valence-corrected chi connectivity index (χ4v) is 4.20. The van der Waals surface area contributed by atoms with Crippen molar-refractivity contribution in [1.82, 2.24) is 4.90 Å². The number of imide groups is 1. The molecule has 0 atom stereocenters. The summed E-state index contributed by atoms with van der Waals surface area (Å²) in [5.74, 6) is 1.55. The van der Waals surface area contributed by atoms with E-state index in [1.54, 1.807) is 24.3 Å². The van der Waals surface area contributed by atoms with Gasteiger partial charge >= 0.3 is 0 Å². The van der Waals surface area contributed by atoms with Gasteiger partial charge in [0.15, 0.2) is 0 Å². The molecule has 2 aliphatic heterocycles. The van der Waals surface area contributed by atoms with Crippen molar-refractivity contribution in [3.63, 3.8) is 0 Å². The van der Waals surface area contributed by atoms with E-state index < -0.39 is 0 Å². The third kappa shape index (κ3) is 2.59. The molecular formula is C19H17NO3S. The summed E-state index contributed by atoms with van der Waals surface area (Å²) in [4.78, 5) is 27.3. The fraction of sp³-hybridized carbons (Fsp3) is 0.263. The van der Waals surface area contributed by atoms with Crippen molar-refractivity contribution in [1.29, 1.82) is 0 Å². The molecule has 2 aliphatic rings. The van der Waals surface area contributed by atoms with Gasteiger partial charge in [0.2, 0.25) is 0 Å². The van der Waals surface area contributed by atoms with Crippen molar-refractivity contribution in [2.24, 2.45) is 0 Å². The molecule has 0 unspecified atom stereocenters. The Labute approximate surface area is 144 Å². The number of amides is 2. The van der Waals surface area contributed by atoms with Gasteiger partial charge in [0.05, 0.1) is 22.6 Å². The Morgan fingerprint density at radius 1 is 1.00 bits per heavy atom. The lowest BCUT2D eigenvalue weighted by atomic mass is 10.1. The van der Waals surface area contributed by atoms with Crippen LogP contribution in [0.25, 0.3) is 0 Å². The molecule has 2 aromatic carbocycles. The molecule has 0 saturated carbocycles. The maximum atomic E-state index is 12.4. The molecule has 4 rings (SSSR count). The Hall–Kier alpha value is -2.27. The van der Waals surface area contributed by atoms with E-state index in [2.05, 4.69) is 6.07 Å². The predicted molar refractivity (Wildman–Crippen MR) is 92.8 cm³/mol. The third-order valence-corrected chi connectivity index (χ3v) is 5.48. The van der Waals surface area contributed by atoms with Crippen molar-refractivity contribution < 1.29 is 14.3 Å². The van der Waals surface area contributed by atoms with Crippen molar-refractivity contribution in [2.45, 2.75) is 17.7 Å². The largest absolute Gasteiger partial charge is 0.492 e. The minimum absolute atomic E-state index is 0.177. The molecule has 5 heteroatoms. The smallest absolute Gasteiger partial charge is 0.261 e. The number of benzene rings is 2. The van der Waals surface area contributed by atoms with Crippen molar-refractivity contribution in [2.75, 3.05) is 18.9 Å². The maximum Gasteiger partial charge on any atom is 0.261 e. The number of rotatable bonds is 4. The SMILES string of the molecule is O=C1c2ccccc2C(=O)N1CCCc1cccc2c1SCCO2. The number of aryl methyl sites for hydroxylation is 1. The Bertz CT molecular complexity index is 783. The van der Waals surface area contributed by atoms with Crippen LogP contribution < -0.4 is 4.74 Å². The van der Waals surface area contributed by atoms with E-state index in [0.29, 0.717) is 17.7 Å². The number of hydrogen-bond acceptors (Lipinski definition) is 4. The number of ether oxygens (including phenoxy) is 1. The van der Waals surface area contributed by atoms with E-state index in [9.17, 15) is 9.59 Å².